The van der Waals surface area contributed by atoms with Gasteiger partial charge < -0.3 is 39.1 Å². The average molecular weight is 605 g/mol. The Hall–Kier alpha value is -2.20. The fraction of sp³-hybridized carbons (Fsp3) is 0.879. The maximum absolute atomic E-state index is 13.5. The van der Waals surface area contributed by atoms with Gasteiger partial charge in [0.15, 0.2) is 5.79 Å². The zero-order chi connectivity index (χ0) is 32.6. The summed E-state index contributed by atoms with van der Waals surface area (Å²) in [5, 5.41) is 26.9. The lowest BCUT2D eigenvalue weighted by atomic mass is 9.50. The molecule has 4 rings (SSSR count). The van der Waals surface area contributed by atoms with Crippen LogP contribution in [0, 0.1) is 17.3 Å². The van der Waals surface area contributed by atoms with E-state index in [2.05, 4.69) is 0 Å². The van der Waals surface area contributed by atoms with Crippen LogP contribution in [0.3, 0.4) is 0 Å². The molecule has 3 aliphatic heterocycles. The van der Waals surface area contributed by atoms with Crippen molar-refractivity contribution < 1.29 is 38.9 Å². The number of likely N-dealkylation sites (tertiary alicyclic amines) is 2. The summed E-state index contributed by atoms with van der Waals surface area (Å²) in [4.78, 5) is 56.5. The van der Waals surface area contributed by atoms with E-state index in [1.165, 1.54) is 13.8 Å². The summed E-state index contributed by atoms with van der Waals surface area (Å²) in [6.45, 7) is 18.0. The van der Waals surface area contributed by atoms with Gasteiger partial charge in [0.2, 0.25) is 11.8 Å². The summed E-state index contributed by atoms with van der Waals surface area (Å²) >= 11 is 0. The van der Waals surface area contributed by atoms with E-state index in [0.29, 0.717) is 38.5 Å². The lowest BCUT2D eigenvalue weighted by Gasteiger charge is -2.70. The number of hydrogen-bond acceptors (Lipinski definition) is 8. The number of carbonyl (C=O) groups excluding carboxylic acids is 4. The second-order valence-corrected chi connectivity index (χ2v) is 16.3. The highest BCUT2D eigenvalue weighted by atomic mass is 16.7. The molecule has 2 amide bonds. The molecule has 3 saturated heterocycles. The number of ether oxygens (including phenoxy) is 2. The second kappa shape index (κ2) is 10.4. The number of aliphatic carboxylic acids is 2. The molecule has 0 aromatic carbocycles. The molecule has 0 N–H and O–H groups in total. The molecule has 1 spiro atoms. The molecule has 0 radical (unpaired) electrons. The third-order valence-electron chi connectivity index (χ3n) is 11.1. The molecule has 4 fully saturated rings. The molecule has 0 atom stereocenters. The van der Waals surface area contributed by atoms with Crippen LogP contribution in [0.25, 0.3) is 0 Å². The first-order valence-corrected chi connectivity index (χ1v) is 15.9. The first-order valence-electron chi connectivity index (χ1n) is 15.9. The molecule has 1 aliphatic carbocycles. The highest BCUT2D eigenvalue weighted by Crippen LogP contribution is 2.63. The fourth-order valence-electron chi connectivity index (χ4n) is 10.7. The van der Waals surface area contributed by atoms with Crippen molar-refractivity contribution in [2.45, 2.75) is 161 Å². The molecule has 4 aliphatic rings. The van der Waals surface area contributed by atoms with Crippen LogP contribution in [-0.4, -0.2) is 73.7 Å². The smallest absolute Gasteiger partial charge is 0.220 e. The molecule has 3 heterocycles. The van der Waals surface area contributed by atoms with Crippen molar-refractivity contribution in [3.63, 3.8) is 0 Å². The van der Waals surface area contributed by atoms with Gasteiger partial charge in [0.25, 0.3) is 0 Å². The van der Waals surface area contributed by atoms with Gasteiger partial charge in [0.05, 0.1) is 24.1 Å². The van der Waals surface area contributed by atoms with E-state index in [1.807, 2.05) is 65.2 Å². The van der Waals surface area contributed by atoms with E-state index in [9.17, 15) is 29.4 Å². The van der Waals surface area contributed by atoms with Gasteiger partial charge in [-0.3, -0.25) is 9.59 Å². The monoisotopic (exact) mass is 604 g/mol. The van der Waals surface area contributed by atoms with Crippen LogP contribution in [0.5, 0.6) is 0 Å². The van der Waals surface area contributed by atoms with Gasteiger partial charge in [-0.05, 0) is 106 Å². The Kier molecular flexibility index (Phi) is 8.17. The number of piperidine rings is 2. The minimum Gasteiger partial charge on any atom is -0.549 e. The van der Waals surface area contributed by atoms with Crippen LogP contribution in [-0.2, 0) is 28.7 Å². The minimum atomic E-state index is -2.62. The fourth-order valence-corrected chi connectivity index (χ4v) is 10.7. The number of rotatable bonds is 4. The molecular weight excluding hydrogens is 552 g/mol. The van der Waals surface area contributed by atoms with E-state index in [4.69, 9.17) is 9.47 Å². The lowest BCUT2D eigenvalue weighted by molar-refractivity contribution is -0.434. The van der Waals surface area contributed by atoms with Crippen molar-refractivity contribution in [3.05, 3.63) is 0 Å². The average Bonchev–Trinajstić information content (AvgIpc) is 2.80. The Labute approximate surface area is 256 Å². The van der Waals surface area contributed by atoms with E-state index >= 15 is 0 Å². The summed E-state index contributed by atoms with van der Waals surface area (Å²) < 4.78 is 13.4. The van der Waals surface area contributed by atoms with E-state index < -0.39 is 69.3 Å². The van der Waals surface area contributed by atoms with Gasteiger partial charge in [0.1, 0.15) is 5.41 Å². The third-order valence-corrected chi connectivity index (χ3v) is 11.1. The molecule has 1 saturated carbocycles. The summed E-state index contributed by atoms with van der Waals surface area (Å²) in [5.41, 5.74) is -7.43. The molecule has 10 heteroatoms. The van der Waals surface area contributed by atoms with E-state index in [0.717, 1.165) is 19.3 Å². The van der Waals surface area contributed by atoms with Crippen LogP contribution < -0.4 is 10.2 Å². The quantitative estimate of drug-likeness (QED) is 0.446. The molecule has 10 nitrogen and oxygen atoms in total. The van der Waals surface area contributed by atoms with Gasteiger partial charge in [-0.15, -0.1) is 0 Å². The Morgan fingerprint density at radius 3 is 1.28 bits per heavy atom. The summed E-state index contributed by atoms with van der Waals surface area (Å²) in [7, 11) is 0. The van der Waals surface area contributed by atoms with Gasteiger partial charge in [0, 0.05) is 48.8 Å². The highest BCUT2D eigenvalue weighted by molar-refractivity contribution is 5.98. The van der Waals surface area contributed by atoms with Crippen LogP contribution >= 0.6 is 0 Å². The number of carboxylic acids is 2. The standard InChI is InChI=1S/C33H54N2O8/c1-21(36)34-27(3,4)16-23(17-28(34,5)6)33(24-18-29(7,8)35(22(2)37)30(9,10)19-24)32(25(38)39,26(40)41)20-42-31(43-33)14-12-11-13-15-31/h23-24H,11-20H2,1-10H3,(H,38,39)(H,40,41)/p-2. The Morgan fingerprint density at radius 1 is 0.628 bits per heavy atom. The van der Waals surface area contributed by atoms with Gasteiger partial charge >= 0.3 is 0 Å². The number of amides is 2. The number of nitrogens with zero attached hydrogens (tertiary/aromatic N) is 2. The van der Waals surface area contributed by atoms with Gasteiger partial charge in [-0.2, -0.15) is 0 Å². The van der Waals surface area contributed by atoms with Crippen molar-refractivity contribution in [1.82, 2.24) is 9.80 Å². The predicted octanol–water partition coefficient (Wildman–Crippen LogP) is 2.55. The molecule has 0 aromatic heterocycles. The summed E-state index contributed by atoms with van der Waals surface area (Å²) in [5.74, 6) is -6.17. The molecule has 0 aromatic rings. The van der Waals surface area contributed by atoms with Gasteiger partial charge in [-0.1, -0.05) is 6.42 Å². The highest BCUT2D eigenvalue weighted by Gasteiger charge is 2.72. The predicted molar refractivity (Wildman–Crippen MR) is 155 cm³/mol. The molecule has 244 valence electrons. The van der Waals surface area contributed by atoms with Crippen LogP contribution in [0.4, 0.5) is 0 Å². The lowest BCUT2D eigenvalue weighted by Crippen LogP contribution is -2.81. The summed E-state index contributed by atoms with van der Waals surface area (Å²) in [6, 6.07) is 0. The van der Waals surface area contributed by atoms with E-state index in [1.54, 1.807) is 0 Å². The van der Waals surface area contributed by atoms with Crippen molar-refractivity contribution >= 4 is 23.8 Å². The van der Waals surface area contributed by atoms with Crippen molar-refractivity contribution in [1.29, 1.82) is 0 Å². The Bertz CT molecular complexity index is 1060. The normalized spacial score (nSPS) is 29.2. The van der Waals surface area contributed by atoms with Crippen LogP contribution in [0.2, 0.25) is 0 Å². The van der Waals surface area contributed by atoms with Crippen molar-refractivity contribution in [2.24, 2.45) is 17.3 Å². The summed E-state index contributed by atoms with van der Waals surface area (Å²) in [6.07, 6.45) is 4.85. The first kappa shape index (κ1) is 33.7. The second-order valence-electron chi connectivity index (χ2n) is 16.3. The van der Waals surface area contributed by atoms with Crippen molar-refractivity contribution in [3.8, 4) is 0 Å². The zero-order valence-corrected chi connectivity index (χ0v) is 27.9. The Balaban J connectivity index is 2.05. The first-order chi connectivity index (χ1) is 19.5. The van der Waals surface area contributed by atoms with E-state index in [-0.39, 0.29) is 11.8 Å². The molecule has 0 bridgehead atoms. The third kappa shape index (κ3) is 5.08. The molecule has 43 heavy (non-hydrogen) atoms. The van der Waals surface area contributed by atoms with Crippen LogP contribution in [0.15, 0.2) is 0 Å². The maximum atomic E-state index is 13.5. The SMILES string of the molecule is CC(=O)N1C(C)(C)CC(C2(C3CC(C)(C)N(C(C)=O)C(C)(C)C3)OC3(CCCCC3)OCC2(C(=O)[O-])C(=O)[O-])CC1(C)C. The van der Waals surface area contributed by atoms with Crippen molar-refractivity contribution in [2.75, 3.05) is 6.61 Å². The van der Waals surface area contributed by atoms with Crippen LogP contribution in [0.1, 0.15) is 127 Å². The Morgan fingerprint density at radius 2 is 0.977 bits per heavy atom. The molecule has 0 unspecified atom stereocenters. The number of carbonyl (C=O) groups is 4. The zero-order valence-electron chi connectivity index (χ0n) is 27.9. The van der Waals surface area contributed by atoms with Gasteiger partial charge in [-0.25, -0.2) is 0 Å². The maximum Gasteiger partial charge on any atom is 0.220 e. The molecular formula is C33H52N2O8-2. The minimum absolute atomic E-state index is 0.109. The topological polar surface area (TPSA) is 139 Å². The number of carboxylic acid groups (broad SMARTS) is 2. The largest absolute Gasteiger partial charge is 0.549 e. The number of hydrogen-bond donors (Lipinski definition) is 0.